The zero-order chi connectivity index (χ0) is 28.7. The monoisotopic (exact) mass is 542 g/mol. The third kappa shape index (κ3) is 12.6. The van der Waals surface area contributed by atoms with E-state index >= 15 is 0 Å². The summed E-state index contributed by atoms with van der Waals surface area (Å²) in [5.41, 5.74) is -2.55. The molecule has 0 radical (unpaired) electrons. The minimum absolute atomic E-state index is 0.0344. The van der Waals surface area contributed by atoms with Crippen LogP contribution in [-0.4, -0.2) is 50.3 Å². The molecule has 222 valence electrons. The largest absolute Gasteiger partial charge is 0.465 e. The van der Waals surface area contributed by atoms with Crippen LogP contribution in [0.5, 0.6) is 0 Å². The van der Waals surface area contributed by atoms with E-state index in [2.05, 4.69) is 0 Å². The molecule has 0 aromatic rings. The Hall–Kier alpha value is -2.12. The highest BCUT2D eigenvalue weighted by Gasteiger charge is 2.65. The van der Waals surface area contributed by atoms with E-state index in [1.54, 1.807) is 0 Å². The second-order valence-electron chi connectivity index (χ2n) is 9.91. The van der Waals surface area contributed by atoms with Crippen LogP contribution in [0, 0.1) is 11.3 Å². The van der Waals surface area contributed by atoms with Crippen molar-refractivity contribution >= 4 is 23.9 Å². The number of rotatable bonds is 24. The molecule has 0 fully saturated rings. The minimum Gasteiger partial charge on any atom is -0.465 e. The van der Waals surface area contributed by atoms with Crippen molar-refractivity contribution in [2.45, 2.75) is 131 Å². The van der Waals surface area contributed by atoms with Gasteiger partial charge in [-0.3, -0.25) is 19.2 Å². The number of hydrogen-bond acceptors (Lipinski definition) is 8. The van der Waals surface area contributed by atoms with E-state index in [-0.39, 0.29) is 32.8 Å². The van der Waals surface area contributed by atoms with Crippen LogP contribution in [0.2, 0.25) is 0 Å². The van der Waals surface area contributed by atoms with Crippen LogP contribution >= 0.6 is 0 Å². The predicted octanol–water partition coefficient (Wildman–Crippen LogP) is 6.71. The van der Waals surface area contributed by atoms with E-state index in [1.807, 2.05) is 34.6 Å². The maximum absolute atomic E-state index is 13.7. The number of carbonyl (C=O) groups is 4. The summed E-state index contributed by atoms with van der Waals surface area (Å²) in [5, 5.41) is 0. The average molecular weight is 543 g/mol. The number of ether oxygens (including phenoxy) is 4. The summed E-state index contributed by atoms with van der Waals surface area (Å²) in [6.45, 7) is 10.3. The van der Waals surface area contributed by atoms with E-state index in [0.29, 0.717) is 38.5 Å². The quantitative estimate of drug-likeness (QED) is 0.0573. The van der Waals surface area contributed by atoms with Gasteiger partial charge in [-0.1, -0.05) is 98.8 Å². The van der Waals surface area contributed by atoms with Crippen LogP contribution in [-0.2, 0) is 38.1 Å². The molecule has 0 aliphatic heterocycles. The molecule has 1 unspecified atom stereocenters. The molecule has 0 rings (SSSR count). The van der Waals surface area contributed by atoms with Crippen molar-refractivity contribution in [1.82, 2.24) is 0 Å². The average Bonchev–Trinajstić information content (AvgIpc) is 2.91. The molecule has 38 heavy (non-hydrogen) atoms. The summed E-state index contributed by atoms with van der Waals surface area (Å²) in [6, 6.07) is 0. The Kier molecular flexibility index (Phi) is 21.6. The highest BCUT2D eigenvalue weighted by atomic mass is 16.6. The second kappa shape index (κ2) is 22.8. The van der Waals surface area contributed by atoms with Gasteiger partial charge in [0.25, 0.3) is 5.41 Å². The molecule has 0 aliphatic carbocycles. The number of esters is 4. The van der Waals surface area contributed by atoms with Crippen LogP contribution in [0.4, 0.5) is 0 Å². The van der Waals surface area contributed by atoms with Crippen LogP contribution in [0.15, 0.2) is 0 Å². The summed E-state index contributed by atoms with van der Waals surface area (Å²) in [5.74, 6) is -5.40. The molecule has 0 aromatic carbocycles. The Morgan fingerprint density at radius 1 is 0.474 bits per heavy atom. The Morgan fingerprint density at radius 2 is 0.789 bits per heavy atom. The molecule has 0 bridgehead atoms. The van der Waals surface area contributed by atoms with Gasteiger partial charge in [0, 0.05) is 0 Å². The first-order chi connectivity index (χ1) is 18.4. The molecule has 8 nitrogen and oxygen atoms in total. The van der Waals surface area contributed by atoms with E-state index < -0.39 is 35.2 Å². The number of carbonyl (C=O) groups excluding carboxylic acids is 4. The summed E-state index contributed by atoms with van der Waals surface area (Å²) >= 11 is 0. The maximum atomic E-state index is 13.7. The zero-order valence-corrected chi connectivity index (χ0v) is 24.8. The van der Waals surface area contributed by atoms with Gasteiger partial charge >= 0.3 is 23.9 Å². The van der Waals surface area contributed by atoms with Crippen molar-refractivity contribution in [3.05, 3.63) is 0 Å². The maximum Gasteiger partial charge on any atom is 0.336 e. The van der Waals surface area contributed by atoms with Crippen LogP contribution in [0.3, 0.4) is 0 Å². The van der Waals surface area contributed by atoms with Gasteiger partial charge in [0.15, 0.2) is 0 Å². The first-order valence-electron chi connectivity index (χ1n) is 15.1. The van der Waals surface area contributed by atoms with Crippen molar-refractivity contribution in [3.8, 4) is 0 Å². The van der Waals surface area contributed by atoms with Crippen molar-refractivity contribution < 1.29 is 38.1 Å². The Morgan fingerprint density at radius 3 is 1.11 bits per heavy atom. The van der Waals surface area contributed by atoms with Crippen molar-refractivity contribution in [3.63, 3.8) is 0 Å². The third-order valence-corrected chi connectivity index (χ3v) is 6.55. The Bertz CT molecular complexity index is 601. The molecular weight excluding hydrogens is 488 g/mol. The Balaban J connectivity index is 6.44. The normalized spacial score (nSPS) is 12.0. The van der Waals surface area contributed by atoms with Gasteiger partial charge in [-0.15, -0.1) is 0 Å². The van der Waals surface area contributed by atoms with Crippen molar-refractivity contribution in [1.29, 1.82) is 0 Å². The zero-order valence-electron chi connectivity index (χ0n) is 24.8. The predicted molar refractivity (Wildman–Crippen MR) is 147 cm³/mol. The molecule has 0 saturated heterocycles. The minimum atomic E-state index is -2.55. The summed E-state index contributed by atoms with van der Waals surface area (Å²) in [6.07, 6.45) is 10.7. The molecule has 8 heteroatoms. The first-order valence-corrected chi connectivity index (χ1v) is 15.1. The highest BCUT2D eigenvalue weighted by molar-refractivity contribution is 6.20. The number of unbranched alkanes of at least 4 members (excludes halogenated alkanes) is 9. The molecule has 0 amide bonds. The van der Waals surface area contributed by atoms with Crippen molar-refractivity contribution in [2.75, 3.05) is 26.4 Å². The van der Waals surface area contributed by atoms with Crippen LogP contribution in [0.1, 0.15) is 131 Å². The SMILES string of the molecule is CCCCCOC(=O)C(CCCC)C(C(=O)OCCCCC)(C(=O)OCCCCC)C(=O)OCCCCC. The molecular formula is C30H54O8. The molecule has 0 aromatic heterocycles. The fourth-order valence-electron chi connectivity index (χ4n) is 4.11. The first kappa shape index (κ1) is 35.9. The van der Waals surface area contributed by atoms with Gasteiger partial charge in [0.05, 0.1) is 32.3 Å². The summed E-state index contributed by atoms with van der Waals surface area (Å²) in [7, 11) is 0. The Labute approximate surface area is 230 Å². The van der Waals surface area contributed by atoms with Gasteiger partial charge in [-0.2, -0.15) is 0 Å². The summed E-state index contributed by atoms with van der Waals surface area (Å²) in [4.78, 5) is 54.7. The van der Waals surface area contributed by atoms with Gasteiger partial charge < -0.3 is 18.9 Å². The molecule has 0 spiro atoms. The molecule has 1 atom stereocenters. The fourth-order valence-corrected chi connectivity index (χ4v) is 4.11. The van der Waals surface area contributed by atoms with Gasteiger partial charge in [0.2, 0.25) is 0 Å². The van der Waals surface area contributed by atoms with Gasteiger partial charge in [0.1, 0.15) is 0 Å². The lowest BCUT2D eigenvalue weighted by atomic mass is 9.72. The number of hydrogen-bond donors (Lipinski definition) is 0. The third-order valence-electron chi connectivity index (χ3n) is 6.55. The van der Waals surface area contributed by atoms with Gasteiger partial charge in [-0.05, 0) is 32.1 Å². The van der Waals surface area contributed by atoms with E-state index in [4.69, 9.17) is 18.9 Å². The van der Waals surface area contributed by atoms with E-state index in [1.165, 1.54) is 0 Å². The fraction of sp³-hybridized carbons (Fsp3) is 0.867. The smallest absolute Gasteiger partial charge is 0.336 e. The van der Waals surface area contributed by atoms with Crippen LogP contribution < -0.4 is 0 Å². The van der Waals surface area contributed by atoms with Gasteiger partial charge in [-0.25, -0.2) is 0 Å². The second-order valence-corrected chi connectivity index (χ2v) is 9.91. The topological polar surface area (TPSA) is 105 Å². The molecule has 0 saturated carbocycles. The standard InChI is InChI=1S/C30H54O8/c1-6-11-16-21-35-26(31)25(20-15-10-5)30(27(32)36-22-17-12-7-2,28(33)37-23-18-13-8-3)29(34)38-24-19-14-9-4/h25H,6-24H2,1-5H3. The lowest BCUT2D eigenvalue weighted by Crippen LogP contribution is -2.57. The molecule has 0 N–H and O–H groups in total. The lowest BCUT2D eigenvalue weighted by Gasteiger charge is -2.33. The van der Waals surface area contributed by atoms with Crippen LogP contribution in [0.25, 0.3) is 0 Å². The highest BCUT2D eigenvalue weighted by Crippen LogP contribution is 2.38. The molecule has 0 heterocycles. The lowest BCUT2D eigenvalue weighted by molar-refractivity contribution is -0.195. The molecule has 0 aliphatic rings. The van der Waals surface area contributed by atoms with E-state index in [0.717, 1.165) is 51.4 Å². The van der Waals surface area contributed by atoms with E-state index in [9.17, 15) is 19.2 Å². The summed E-state index contributed by atoms with van der Waals surface area (Å²) < 4.78 is 22.1. The van der Waals surface area contributed by atoms with Crippen molar-refractivity contribution in [2.24, 2.45) is 11.3 Å².